The van der Waals surface area contributed by atoms with Crippen LogP contribution in [-0.2, 0) is 14.4 Å². The Morgan fingerprint density at radius 2 is 1.59 bits per heavy atom. The fourth-order valence-corrected chi connectivity index (χ4v) is 5.19. The van der Waals surface area contributed by atoms with Gasteiger partial charge in [-0.25, -0.2) is 4.98 Å². The molecule has 0 spiro atoms. The first-order valence-corrected chi connectivity index (χ1v) is 13.4. The number of quaternary nitrogens is 1. The van der Waals surface area contributed by atoms with Crippen molar-refractivity contribution in [3.8, 4) is 11.3 Å². The van der Waals surface area contributed by atoms with Crippen molar-refractivity contribution in [1.29, 1.82) is 0 Å². The van der Waals surface area contributed by atoms with Crippen molar-refractivity contribution < 1.29 is 45.2 Å². The van der Waals surface area contributed by atoms with Crippen LogP contribution < -0.4 is 10.4 Å². The average molecular weight is 561 g/mol. The third-order valence-corrected chi connectivity index (χ3v) is 7.26. The zero-order valence-corrected chi connectivity index (χ0v) is 22.3. The standard InChI is InChI=1S/C25H24N2O.C6H8O7/c28-25(22-12-6-7-15-26-22)21-16-23(18-9-2-1-3-10-18)27-24-19-11-5-4-8-17(19)13-14-20(21)24;7-3(8)1-6(13,5(11)12)2-4(9)10/h1-5,8-11,13-14,16,22,25-26,28H,6-7,12,15H2;13H,1-2H2,(H,7,8)(H,9,10)(H,11,12). The van der Waals surface area contributed by atoms with Gasteiger partial charge in [0.05, 0.1) is 36.6 Å². The van der Waals surface area contributed by atoms with Gasteiger partial charge < -0.3 is 35.6 Å². The predicted octanol–water partition coefficient (Wildman–Crippen LogP) is 1.62. The summed E-state index contributed by atoms with van der Waals surface area (Å²) in [5.41, 5.74) is 1.13. The molecule has 2 heterocycles. The number of carboxylic acids is 3. The summed E-state index contributed by atoms with van der Waals surface area (Å²) in [7, 11) is 0. The Kier molecular flexibility index (Phi) is 9.28. The number of nitrogens with zero attached hydrogens (tertiary/aromatic N) is 1. The molecule has 1 fully saturated rings. The zero-order valence-electron chi connectivity index (χ0n) is 22.3. The summed E-state index contributed by atoms with van der Waals surface area (Å²) in [4.78, 5) is 35.4. The highest BCUT2D eigenvalue weighted by Gasteiger charge is 2.34. The van der Waals surface area contributed by atoms with E-state index < -0.39 is 42.5 Å². The summed E-state index contributed by atoms with van der Waals surface area (Å²) < 4.78 is 0. The Morgan fingerprint density at radius 1 is 0.927 bits per heavy atom. The third-order valence-electron chi connectivity index (χ3n) is 7.26. The zero-order chi connectivity index (χ0) is 29.6. The molecule has 2 atom stereocenters. The summed E-state index contributed by atoms with van der Waals surface area (Å²) in [6, 6.07) is 25.2. The molecule has 0 amide bonds. The van der Waals surface area contributed by atoms with Gasteiger partial charge >= 0.3 is 11.9 Å². The van der Waals surface area contributed by atoms with Gasteiger partial charge in [-0.2, -0.15) is 0 Å². The summed E-state index contributed by atoms with van der Waals surface area (Å²) in [5, 5.41) is 52.6. The van der Waals surface area contributed by atoms with Gasteiger partial charge in [-0.1, -0.05) is 66.7 Å². The molecule has 0 radical (unpaired) electrons. The fourth-order valence-electron chi connectivity index (χ4n) is 5.19. The molecule has 1 aromatic heterocycles. The van der Waals surface area contributed by atoms with Crippen LogP contribution in [0.1, 0.15) is 43.8 Å². The minimum atomic E-state index is -2.85. The lowest BCUT2D eigenvalue weighted by atomic mass is 9.91. The van der Waals surface area contributed by atoms with E-state index in [1.807, 2.05) is 18.2 Å². The van der Waals surface area contributed by atoms with E-state index >= 15 is 0 Å². The van der Waals surface area contributed by atoms with E-state index in [4.69, 9.17) is 20.3 Å². The smallest absolute Gasteiger partial charge is 0.306 e. The molecule has 0 saturated carbocycles. The number of nitrogens with two attached hydrogens (primary N) is 1. The number of pyridine rings is 1. The second kappa shape index (κ2) is 12.9. The summed E-state index contributed by atoms with van der Waals surface area (Å²) in [6.07, 6.45) is 0.577. The second-order valence-corrected chi connectivity index (χ2v) is 10.2. The van der Waals surface area contributed by atoms with E-state index in [9.17, 15) is 24.6 Å². The van der Waals surface area contributed by atoms with Gasteiger partial charge in [-0.05, 0) is 29.9 Å². The minimum absolute atomic E-state index is 0.217. The molecular weight excluding hydrogens is 528 g/mol. The lowest BCUT2D eigenvalue weighted by Gasteiger charge is -2.26. The van der Waals surface area contributed by atoms with Crippen molar-refractivity contribution in [3.05, 3.63) is 78.4 Å². The van der Waals surface area contributed by atoms with Crippen molar-refractivity contribution in [1.82, 2.24) is 4.98 Å². The van der Waals surface area contributed by atoms with Gasteiger partial charge in [-0.3, -0.25) is 9.59 Å². The van der Waals surface area contributed by atoms with E-state index in [0.717, 1.165) is 46.1 Å². The summed E-state index contributed by atoms with van der Waals surface area (Å²) in [6.45, 7) is 1.10. The summed E-state index contributed by atoms with van der Waals surface area (Å²) >= 11 is 0. The molecule has 1 aliphatic heterocycles. The highest BCUT2D eigenvalue weighted by atomic mass is 16.4. The Bertz CT molecular complexity index is 1530. The van der Waals surface area contributed by atoms with E-state index in [1.54, 1.807) is 0 Å². The van der Waals surface area contributed by atoms with Crippen LogP contribution in [0.3, 0.4) is 0 Å². The lowest BCUT2D eigenvalue weighted by Crippen LogP contribution is -2.92. The molecule has 4 aromatic rings. The number of hydrogen-bond acceptors (Lipinski definition) is 7. The number of carboxylic acid groups (broad SMARTS) is 3. The van der Waals surface area contributed by atoms with Crippen LogP contribution in [0.5, 0.6) is 0 Å². The maximum atomic E-state index is 11.3. The van der Waals surface area contributed by atoms with E-state index in [1.165, 1.54) is 18.2 Å². The van der Waals surface area contributed by atoms with Gasteiger partial charge in [0, 0.05) is 22.8 Å². The molecule has 214 valence electrons. The molecule has 10 nitrogen and oxygen atoms in total. The Labute approximate surface area is 235 Å². The lowest BCUT2D eigenvalue weighted by molar-refractivity contribution is -0.705. The van der Waals surface area contributed by atoms with Crippen molar-refractivity contribution >= 4 is 39.6 Å². The number of aliphatic carboxylic acids is 3. The first-order chi connectivity index (χ1) is 19.6. The molecule has 10 heteroatoms. The molecular formula is C31H32N2O8. The van der Waals surface area contributed by atoms with Crippen LogP contribution in [0.15, 0.2) is 72.8 Å². The third kappa shape index (κ3) is 7.04. The predicted molar refractivity (Wildman–Crippen MR) is 149 cm³/mol. The monoisotopic (exact) mass is 560 g/mol. The highest BCUT2D eigenvalue weighted by Crippen LogP contribution is 2.34. The molecule has 0 aliphatic carbocycles. The maximum absolute atomic E-state index is 11.3. The van der Waals surface area contributed by atoms with Crippen molar-refractivity contribution in [2.24, 2.45) is 0 Å². The first-order valence-electron chi connectivity index (χ1n) is 13.4. The maximum Gasteiger partial charge on any atom is 0.306 e. The van der Waals surface area contributed by atoms with Gasteiger partial charge in [0.2, 0.25) is 0 Å². The number of hydrogen-bond donors (Lipinski definition) is 5. The Balaban J connectivity index is 0.000000254. The number of piperidine rings is 1. The van der Waals surface area contributed by atoms with Crippen LogP contribution >= 0.6 is 0 Å². The van der Waals surface area contributed by atoms with Crippen LogP contribution in [-0.4, -0.2) is 61.5 Å². The SMILES string of the molecule is O=C(O)CC(O)(CC(=O)O)C(=O)[O-].OC(c1cc(-c2ccccc2)nc2c1ccc1ccccc12)C1CCCC[NH2+]1. The minimum Gasteiger partial charge on any atom is -0.547 e. The molecule has 5 rings (SSSR count). The number of fused-ring (bicyclic) bond motifs is 3. The number of carbonyl (C=O) groups excluding carboxylic acids is 1. The quantitative estimate of drug-likeness (QED) is 0.200. The van der Waals surface area contributed by atoms with Crippen molar-refractivity contribution in [3.63, 3.8) is 0 Å². The number of aliphatic hydroxyl groups is 2. The molecule has 1 saturated heterocycles. The van der Waals surface area contributed by atoms with Crippen LogP contribution in [0, 0.1) is 0 Å². The van der Waals surface area contributed by atoms with Gasteiger partial charge in [0.1, 0.15) is 17.7 Å². The van der Waals surface area contributed by atoms with Gasteiger partial charge in [0.25, 0.3) is 0 Å². The average Bonchev–Trinajstić information content (AvgIpc) is 2.96. The number of aliphatic hydroxyl groups excluding tert-OH is 1. The number of carbonyl (C=O) groups is 3. The van der Waals surface area contributed by atoms with E-state index in [-0.39, 0.29) is 6.04 Å². The molecule has 2 unspecified atom stereocenters. The molecule has 3 aromatic carbocycles. The van der Waals surface area contributed by atoms with Crippen molar-refractivity contribution in [2.75, 3.05) is 6.54 Å². The Hall–Kier alpha value is -4.38. The molecule has 0 bridgehead atoms. The van der Waals surface area contributed by atoms with Gasteiger partial charge in [-0.15, -0.1) is 0 Å². The second-order valence-electron chi connectivity index (χ2n) is 10.2. The normalized spacial score (nSPS) is 16.0. The molecule has 1 aliphatic rings. The molecule has 41 heavy (non-hydrogen) atoms. The fraction of sp³-hybridized carbons (Fsp3) is 0.290. The number of benzene rings is 3. The van der Waals surface area contributed by atoms with E-state index in [2.05, 4.69) is 59.9 Å². The molecule has 6 N–H and O–H groups in total. The van der Waals surface area contributed by atoms with Crippen LogP contribution in [0.4, 0.5) is 0 Å². The Morgan fingerprint density at radius 3 is 2.20 bits per heavy atom. The first kappa shape index (κ1) is 29.6. The largest absolute Gasteiger partial charge is 0.547 e. The van der Waals surface area contributed by atoms with Gasteiger partial charge in [0.15, 0.2) is 0 Å². The van der Waals surface area contributed by atoms with Crippen molar-refractivity contribution in [2.45, 2.75) is 49.9 Å². The number of aromatic nitrogens is 1. The number of rotatable bonds is 8. The van der Waals surface area contributed by atoms with Crippen LogP contribution in [0.25, 0.3) is 32.9 Å². The highest BCUT2D eigenvalue weighted by molar-refractivity contribution is 6.07. The van der Waals surface area contributed by atoms with E-state index in [0.29, 0.717) is 0 Å². The van der Waals surface area contributed by atoms with Crippen LogP contribution in [0.2, 0.25) is 0 Å². The topological polar surface area (TPSA) is 185 Å². The summed E-state index contributed by atoms with van der Waals surface area (Å²) in [5.74, 6) is -5.35.